The molecule has 0 radical (unpaired) electrons. The molecule has 3 aromatic heterocycles. The lowest BCUT2D eigenvalue weighted by molar-refractivity contribution is 0.332. The molecule has 0 amide bonds. The zero-order valence-electron chi connectivity index (χ0n) is 36.4. The Morgan fingerprint density at radius 1 is 0.571 bits per heavy atom. The number of aromatic nitrogens is 1. The lowest BCUT2D eigenvalue weighted by atomic mass is 9.39. The topological polar surface area (TPSA) is 7.65 Å². The van der Waals surface area contributed by atoms with Crippen molar-refractivity contribution in [2.45, 2.75) is 70.6 Å². The Labute approximate surface area is 371 Å². The molecular weight excluding hydrogens is 780 g/mol. The molecule has 1 unspecified atom stereocenters. The van der Waals surface area contributed by atoms with Gasteiger partial charge in [-0.1, -0.05) is 143 Å². The molecule has 0 saturated carbocycles. The third-order valence-corrected chi connectivity index (χ3v) is 17.6. The SMILES string of the molecule is Cc1cc2c(cc1N1B3c4cccc5c4C(Cc4ccccc4-5)c4c3c(cc3sc5ccccc5c43)-c3ccc4c5cccc6c7ccccc7n(c4c31)c65)C(C)(C)CCC2(C)C. The second kappa shape index (κ2) is 11.6. The van der Waals surface area contributed by atoms with Crippen LogP contribution in [0.1, 0.15) is 79.8 Å². The molecule has 8 aromatic carbocycles. The van der Waals surface area contributed by atoms with Gasteiger partial charge in [0, 0.05) is 58.9 Å². The third-order valence-electron chi connectivity index (χ3n) is 16.5. The van der Waals surface area contributed by atoms with E-state index in [2.05, 4.69) is 183 Å². The fourth-order valence-electron chi connectivity index (χ4n) is 13.5. The summed E-state index contributed by atoms with van der Waals surface area (Å²) in [6.07, 6.45) is 3.38. The fraction of sp³-hybridized carbons (Fsp3) is 0.186. The zero-order valence-corrected chi connectivity index (χ0v) is 37.2. The number of hydrogen-bond donors (Lipinski definition) is 0. The fourth-order valence-corrected chi connectivity index (χ4v) is 14.7. The number of hydrogen-bond acceptors (Lipinski definition) is 2. The quantitative estimate of drug-likeness (QED) is 0.150. The van der Waals surface area contributed by atoms with Crippen LogP contribution in [0.15, 0.2) is 140 Å². The van der Waals surface area contributed by atoms with E-state index in [4.69, 9.17) is 0 Å². The monoisotopic (exact) mass is 824 g/mol. The molecule has 2 aliphatic heterocycles. The molecule has 63 heavy (non-hydrogen) atoms. The Balaban J connectivity index is 1.18. The maximum atomic E-state index is 2.88. The summed E-state index contributed by atoms with van der Waals surface area (Å²) in [6, 6.07) is 54.7. The second-order valence-corrected chi connectivity index (χ2v) is 21.7. The van der Waals surface area contributed by atoms with E-state index in [0.717, 1.165) is 6.42 Å². The highest BCUT2D eigenvalue weighted by Gasteiger charge is 2.50. The Morgan fingerprint density at radius 2 is 1.25 bits per heavy atom. The van der Waals surface area contributed by atoms with Gasteiger partial charge in [0.2, 0.25) is 0 Å². The smallest absolute Gasteiger partial charge is 0.329 e. The maximum absolute atomic E-state index is 2.88. The first-order valence-corrected chi connectivity index (χ1v) is 23.8. The largest absolute Gasteiger partial charge is 0.374 e. The molecule has 4 heteroatoms. The Bertz CT molecular complexity index is 3880. The van der Waals surface area contributed by atoms with E-state index in [0.29, 0.717) is 0 Å². The zero-order chi connectivity index (χ0) is 41.8. The minimum absolute atomic E-state index is 0.0361. The summed E-state index contributed by atoms with van der Waals surface area (Å²) >= 11 is 1.98. The van der Waals surface area contributed by atoms with Gasteiger partial charge >= 0.3 is 6.85 Å². The highest BCUT2D eigenvalue weighted by Crippen LogP contribution is 2.56. The molecule has 5 heterocycles. The van der Waals surface area contributed by atoms with Gasteiger partial charge in [-0.15, -0.1) is 11.3 Å². The number of aryl methyl sites for hydroxylation is 1. The molecule has 0 bridgehead atoms. The standard InChI is InChI=1S/C59H45BN2S/c1-32-28-44-45(59(4,5)27-26-58(44,2)3)31-48(32)62-57-40(25-24-39-38-20-12-19-37-35-16-8-10-22-47(35)61(55(37)38)56(39)57)42-30-50-52(41-17-9-11-23-49(41)63-50)53-43-29-33-14-6-7-15-34(33)36-18-13-21-46(51(36)43)60(62)54(42)53/h6-25,28,30-31,43H,26-27,29H2,1-5H3. The van der Waals surface area contributed by atoms with Crippen LogP contribution in [0.25, 0.3) is 80.5 Å². The molecule has 1 atom stereocenters. The van der Waals surface area contributed by atoms with Crippen LogP contribution in [0.2, 0.25) is 0 Å². The van der Waals surface area contributed by atoms with Crippen LogP contribution in [0, 0.1) is 6.92 Å². The van der Waals surface area contributed by atoms with Crippen LogP contribution in [-0.2, 0) is 17.3 Å². The van der Waals surface area contributed by atoms with Gasteiger partial charge in [-0.2, -0.15) is 0 Å². The molecule has 2 nitrogen and oxygen atoms in total. The van der Waals surface area contributed by atoms with Crippen molar-refractivity contribution in [2.24, 2.45) is 0 Å². The van der Waals surface area contributed by atoms with Crippen LogP contribution >= 0.6 is 11.3 Å². The number of fused-ring (bicyclic) bond motifs is 18. The summed E-state index contributed by atoms with van der Waals surface area (Å²) in [5.41, 5.74) is 24.2. The highest BCUT2D eigenvalue weighted by atomic mass is 32.1. The van der Waals surface area contributed by atoms with E-state index in [9.17, 15) is 0 Å². The van der Waals surface area contributed by atoms with Crippen molar-refractivity contribution in [3.63, 3.8) is 0 Å². The molecule has 0 saturated heterocycles. The summed E-state index contributed by atoms with van der Waals surface area (Å²) in [5, 5.41) is 8.16. The van der Waals surface area contributed by atoms with Crippen LogP contribution < -0.4 is 15.7 Å². The predicted molar refractivity (Wildman–Crippen MR) is 270 cm³/mol. The van der Waals surface area contributed by atoms with Gasteiger partial charge in [0.1, 0.15) is 0 Å². The maximum Gasteiger partial charge on any atom is 0.329 e. The summed E-state index contributed by atoms with van der Waals surface area (Å²) < 4.78 is 5.42. The van der Waals surface area contributed by atoms with Crippen molar-refractivity contribution in [3.8, 4) is 22.3 Å². The van der Waals surface area contributed by atoms with Crippen LogP contribution in [-0.4, -0.2) is 11.2 Å². The normalized spacial score (nSPS) is 17.8. The average Bonchev–Trinajstić information content (AvgIpc) is 3.96. The highest BCUT2D eigenvalue weighted by molar-refractivity contribution is 7.26. The Kier molecular flexibility index (Phi) is 6.48. The summed E-state index contributed by atoms with van der Waals surface area (Å²) in [6.45, 7) is 12.3. The molecule has 15 rings (SSSR count). The van der Waals surface area contributed by atoms with Gasteiger partial charge in [-0.05, 0) is 122 Å². The predicted octanol–water partition coefficient (Wildman–Crippen LogP) is 14.5. The van der Waals surface area contributed by atoms with Crippen molar-refractivity contribution in [2.75, 3.05) is 4.81 Å². The van der Waals surface area contributed by atoms with Gasteiger partial charge in [0.25, 0.3) is 0 Å². The first kappa shape index (κ1) is 35.1. The van der Waals surface area contributed by atoms with E-state index in [1.165, 1.54) is 143 Å². The number of thiophene rings is 1. The molecule has 0 N–H and O–H groups in total. The number of rotatable bonds is 1. The number of nitrogens with zero attached hydrogens (tertiary/aromatic N) is 2. The molecule has 300 valence electrons. The molecule has 2 aliphatic carbocycles. The van der Waals surface area contributed by atoms with Crippen LogP contribution in [0.4, 0.5) is 11.4 Å². The van der Waals surface area contributed by atoms with Gasteiger partial charge in [-0.25, -0.2) is 0 Å². The molecule has 0 fully saturated rings. The van der Waals surface area contributed by atoms with Gasteiger partial charge in [-0.3, -0.25) is 0 Å². The summed E-state index contributed by atoms with van der Waals surface area (Å²) in [7, 11) is 0. The van der Waals surface area contributed by atoms with E-state index in [1.807, 2.05) is 11.3 Å². The van der Waals surface area contributed by atoms with Crippen molar-refractivity contribution < 1.29 is 0 Å². The minimum atomic E-state index is -0.0361. The van der Waals surface area contributed by atoms with Crippen LogP contribution in [0.3, 0.4) is 0 Å². The van der Waals surface area contributed by atoms with Gasteiger partial charge < -0.3 is 9.21 Å². The Hall–Kier alpha value is -6.36. The first-order chi connectivity index (χ1) is 30.7. The van der Waals surface area contributed by atoms with Crippen LogP contribution in [0.5, 0.6) is 0 Å². The van der Waals surface area contributed by atoms with Crippen molar-refractivity contribution in [3.05, 3.63) is 173 Å². The third kappa shape index (κ3) is 4.23. The van der Waals surface area contributed by atoms with Crippen molar-refractivity contribution in [1.82, 2.24) is 4.40 Å². The summed E-state index contributed by atoms with van der Waals surface area (Å²) in [4.78, 5) is 2.88. The van der Waals surface area contributed by atoms with Crippen molar-refractivity contribution in [1.29, 1.82) is 0 Å². The van der Waals surface area contributed by atoms with E-state index in [-0.39, 0.29) is 23.6 Å². The van der Waals surface area contributed by atoms with Gasteiger partial charge in [0.15, 0.2) is 0 Å². The molecule has 11 aromatic rings. The Morgan fingerprint density at radius 3 is 2.11 bits per heavy atom. The van der Waals surface area contributed by atoms with E-state index >= 15 is 0 Å². The summed E-state index contributed by atoms with van der Waals surface area (Å²) in [5.74, 6) is 0.247. The lowest BCUT2D eigenvalue weighted by Gasteiger charge is -2.48. The molecule has 0 spiro atoms. The van der Waals surface area contributed by atoms with E-state index < -0.39 is 0 Å². The van der Waals surface area contributed by atoms with Crippen molar-refractivity contribution >= 4 is 98.8 Å². The molecular formula is C59H45BN2S. The van der Waals surface area contributed by atoms with Gasteiger partial charge in [0.05, 0.1) is 22.2 Å². The number of anilines is 2. The van der Waals surface area contributed by atoms with E-state index in [1.54, 1.807) is 5.56 Å². The molecule has 4 aliphatic rings. The second-order valence-electron chi connectivity index (χ2n) is 20.6. The first-order valence-electron chi connectivity index (χ1n) is 23.0. The lowest BCUT2D eigenvalue weighted by Crippen LogP contribution is -2.62. The minimum Gasteiger partial charge on any atom is -0.374 e. The average molecular weight is 825 g/mol. The number of benzene rings is 8. The number of para-hydroxylation sites is 2.